The molecule has 11 heteroatoms. The second kappa shape index (κ2) is 8.96. The van der Waals surface area contributed by atoms with Gasteiger partial charge in [0.15, 0.2) is 0 Å². The molecule has 1 saturated heterocycles. The Morgan fingerprint density at radius 1 is 1.24 bits per heavy atom. The molecule has 3 heterocycles. The lowest BCUT2D eigenvalue weighted by atomic mass is 9.99. The Bertz CT molecular complexity index is 1340. The number of hydrogen-bond acceptors (Lipinski definition) is 4. The first kappa shape index (κ1) is 24.1. The SMILES string of the molecule is CC(C)(C)OC(=O)N1CC(C(=O)Nc2cc(Cc3c[nH]c(=O)c4cc(Cl)c(Cl)n34)ccc2F)C1. The maximum Gasteiger partial charge on any atom is 0.410 e. The molecule has 0 aliphatic carbocycles. The van der Waals surface area contributed by atoms with Gasteiger partial charge in [0.2, 0.25) is 5.91 Å². The molecule has 0 atom stereocenters. The van der Waals surface area contributed by atoms with Crippen LogP contribution in [0.2, 0.25) is 10.2 Å². The van der Waals surface area contributed by atoms with Gasteiger partial charge in [-0.15, -0.1) is 0 Å². The zero-order valence-corrected chi connectivity index (χ0v) is 20.3. The predicted molar refractivity (Wildman–Crippen MR) is 127 cm³/mol. The minimum absolute atomic E-state index is 0.0236. The molecule has 0 unspecified atom stereocenters. The summed E-state index contributed by atoms with van der Waals surface area (Å²) < 4.78 is 21.2. The molecule has 2 N–H and O–H groups in total. The van der Waals surface area contributed by atoms with Crippen molar-refractivity contribution in [3.63, 3.8) is 0 Å². The fourth-order valence-electron chi connectivity index (χ4n) is 3.66. The van der Waals surface area contributed by atoms with Gasteiger partial charge in [0, 0.05) is 31.4 Å². The van der Waals surface area contributed by atoms with E-state index >= 15 is 0 Å². The van der Waals surface area contributed by atoms with Gasteiger partial charge in [0.25, 0.3) is 5.56 Å². The smallest absolute Gasteiger partial charge is 0.410 e. The molecule has 2 amide bonds. The van der Waals surface area contributed by atoms with E-state index < -0.39 is 23.4 Å². The standard InChI is InChI=1S/C23H23Cl2FN4O4/c1-23(2,3)34-22(33)29-10-13(11-29)20(31)28-17-7-12(4-5-16(17)26)6-14-9-27-21(32)18-8-15(24)19(25)30(14)18/h4-5,7-9,13H,6,10-11H2,1-3H3,(H,27,32)(H,28,31). The maximum atomic E-state index is 14.4. The van der Waals surface area contributed by atoms with Gasteiger partial charge in [-0.3, -0.25) is 14.0 Å². The number of nitrogens with zero attached hydrogens (tertiary/aromatic N) is 2. The number of carbonyl (C=O) groups excluding carboxylic acids is 2. The Hall–Kier alpha value is -3.04. The molecule has 4 rings (SSSR count). The van der Waals surface area contributed by atoms with Crippen LogP contribution < -0.4 is 10.9 Å². The average Bonchev–Trinajstić information content (AvgIpc) is 3.00. The van der Waals surface area contributed by atoms with Gasteiger partial charge in [-0.2, -0.15) is 0 Å². The number of ether oxygens (including phenoxy) is 1. The first-order valence-electron chi connectivity index (χ1n) is 10.6. The van der Waals surface area contributed by atoms with Crippen molar-refractivity contribution in [2.45, 2.75) is 32.8 Å². The van der Waals surface area contributed by atoms with Crippen molar-refractivity contribution in [3.8, 4) is 0 Å². The van der Waals surface area contributed by atoms with E-state index in [1.807, 2.05) is 0 Å². The van der Waals surface area contributed by atoms with Gasteiger partial charge < -0.3 is 19.9 Å². The zero-order valence-electron chi connectivity index (χ0n) is 18.7. The molecule has 1 aliphatic heterocycles. The van der Waals surface area contributed by atoms with E-state index in [0.717, 1.165) is 0 Å². The van der Waals surface area contributed by atoms with Crippen LogP contribution in [0.5, 0.6) is 0 Å². The minimum Gasteiger partial charge on any atom is -0.444 e. The summed E-state index contributed by atoms with van der Waals surface area (Å²) in [6.07, 6.45) is 1.32. The van der Waals surface area contributed by atoms with Gasteiger partial charge in [-0.05, 0) is 44.5 Å². The number of carbonyl (C=O) groups is 2. The number of amides is 2. The van der Waals surface area contributed by atoms with Gasteiger partial charge in [-0.1, -0.05) is 29.3 Å². The second-order valence-corrected chi connectivity index (χ2v) is 9.94. The number of halogens is 3. The Morgan fingerprint density at radius 3 is 2.62 bits per heavy atom. The summed E-state index contributed by atoms with van der Waals surface area (Å²) >= 11 is 12.3. The quantitative estimate of drug-likeness (QED) is 0.543. The van der Waals surface area contributed by atoms with Crippen molar-refractivity contribution in [2.24, 2.45) is 5.92 Å². The molecule has 2 aromatic heterocycles. The Balaban J connectivity index is 1.46. The number of likely N-dealkylation sites (tertiary alicyclic amines) is 1. The Kier molecular flexibility index (Phi) is 6.35. The van der Waals surface area contributed by atoms with Crippen molar-refractivity contribution >= 4 is 46.4 Å². The van der Waals surface area contributed by atoms with Crippen molar-refractivity contribution in [2.75, 3.05) is 18.4 Å². The Morgan fingerprint density at radius 2 is 1.94 bits per heavy atom. The molecular formula is C23H23Cl2FN4O4. The molecule has 0 spiro atoms. The molecule has 1 aliphatic rings. The summed E-state index contributed by atoms with van der Waals surface area (Å²) in [6.45, 7) is 5.69. The summed E-state index contributed by atoms with van der Waals surface area (Å²) in [7, 11) is 0. The number of aromatic nitrogens is 2. The highest BCUT2D eigenvalue weighted by Gasteiger charge is 2.38. The molecule has 180 valence electrons. The summed E-state index contributed by atoms with van der Waals surface area (Å²) in [6, 6.07) is 5.83. The van der Waals surface area contributed by atoms with Crippen molar-refractivity contribution < 1.29 is 18.7 Å². The van der Waals surface area contributed by atoms with Crippen LogP contribution in [-0.4, -0.2) is 45.0 Å². The number of H-pyrrole nitrogens is 1. The predicted octanol–water partition coefficient (Wildman–Crippen LogP) is 4.47. The lowest BCUT2D eigenvalue weighted by molar-refractivity contribution is -0.124. The highest BCUT2D eigenvalue weighted by molar-refractivity contribution is 6.42. The largest absolute Gasteiger partial charge is 0.444 e. The summed E-state index contributed by atoms with van der Waals surface area (Å²) in [4.78, 5) is 40.8. The van der Waals surface area contributed by atoms with Gasteiger partial charge >= 0.3 is 6.09 Å². The normalized spacial score (nSPS) is 14.2. The van der Waals surface area contributed by atoms with Crippen LogP contribution >= 0.6 is 23.2 Å². The van der Waals surface area contributed by atoms with Gasteiger partial charge in [-0.25, -0.2) is 9.18 Å². The topological polar surface area (TPSA) is 95.9 Å². The third-order valence-electron chi connectivity index (χ3n) is 5.37. The van der Waals surface area contributed by atoms with Crippen LogP contribution in [0.25, 0.3) is 5.52 Å². The number of fused-ring (bicyclic) bond motifs is 1. The Labute approximate surface area is 204 Å². The summed E-state index contributed by atoms with van der Waals surface area (Å²) in [5.74, 6) is -1.44. The number of anilines is 1. The molecule has 1 aromatic carbocycles. The number of aromatic amines is 1. The van der Waals surface area contributed by atoms with Crippen LogP contribution in [0.3, 0.4) is 0 Å². The van der Waals surface area contributed by atoms with E-state index in [1.54, 1.807) is 26.8 Å². The highest BCUT2D eigenvalue weighted by atomic mass is 35.5. The first-order valence-corrected chi connectivity index (χ1v) is 11.3. The van der Waals surface area contributed by atoms with Crippen molar-refractivity contribution in [1.82, 2.24) is 14.3 Å². The van der Waals surface area contributed by atoms with Crippen LogP contribution in [-0.2, 0) is 16.0 Å². The van der Waals surface area contributed by atoms with E-state index in [1.165, 1.54) is 33.7 Å². The van der Waals surface area contributed by atoms with Crippen LogP contribution in [0.4, 0.5) is 14.9 Å². The van der Waals surface area contributed by atoms with Crippen LogP contribution in [0, 0.1) is 11.7 Å². The molecular weight excluding hydrogens is 486 g/mol. The molecule has 8 nitrogen and oxygen atoms in total. The van der Waals surface area contributed by atoms with E-state index in [4.69, 9.17) is 27.9 Å². The summed E-state index contributed by atoms with van der Waals surface area (Å²) in [5, 5.41) is 3.05. The molecule has 34 heavy (non-hydrogen) atoms. The fourth-order valence-corrected chi connectivity index (χ4v) is 4.11. The third-order valence-corrected chi connectivity index (χ3v) is 6.12. The summed E-state index contributed by atoms with van der Waals surface area (Å²) in [5.41, 5.74) is 0.655. The minimum atomic E-state index is -0.623. The number of nitrogens with one attached hydrogen (secondary N) is 2. The average molecular weight is 509 g/mol. The van der Waals surface area contributed by atoms with E-state index in [2.05, 4.69) is 10.3 Å². The fraction of sp³-hybridized carbons (Fsp3) is 0.348. The number of rotatable bonds is 4. The lowest BCUT2D eigenvalue weighted by Crippen LogP contribution is -2.55. The van der Waals surface area contributed by atoms with Crippen molar-refractivity contribution in [1.29, 1.82) is 0 Å². The second-order valence-electron chi connectivity index (χ2n) is 9.18. The molecule has 1 fully saturated rings. The number of benzene rings is 1. The van der Waals surface area contributed by atoms with Crippen LogP contribution in [0.1, 0.15) is 32.0 Å². The van der Waals surface area contributed by atoms with E-state index in [0.29, 0.717) is 16.8 Å². The molecule has 0 bridgehead atoms. The van der Waals surface area contributed by atoms with Crippen LogP contribution in [0.15, 0.2) is 35.3 Å². The molecule has 3 aromatic rings. The van der Waals surface area contributed by atoms with E-state index in [-0.39, 0.29) is 46.8 Å². The first-order chi connectivity index (χ1) is 15.9. The highest BCUT2D eigenvalue weighted by Crippen LogP contribution is 2.28. The zero-order chi connectivity index (χ0) is 24.8. The van der Waals surface area contributed by atoms with Gasteiger partial charge in [0.05, 0.1) is 16.6 Å². The lowest BCUT2D eigenvalue weighted by Gasteiger charge is -2.38. The van der Waals surface area contributed by atoms with Gasteiger partial charge in [0.1, 0.15) is 22.1 Å². The molecule has 0 saturated carbocycles. The molecule has 0 radical (unpaired) electrons. The van der Waals surface area contributed by atoms with E-state index in [9.17, 15) is 18.8 Å². The number of hydrogen-bond donors (Lipinski definition) is 2. The monoisotopic (exact) mass is 508 g/mol. The third kappa shape index (κ3) is 4.90. The van der Waals surface area contributed by atoms with Crippen molar-refractivity contribution in [3.05, 3.63) is 68.1 Å². The maximum absolute atomic E-state index is 14.4.